The molecule has 0 aromatic carbocycles. The van der Waals surface area contributed by atoms with Crippen LogP contribution in [0.25, 0.3) is 11.7 Å². The third kappa shape index (κ3) is 1.94. The minimum atomic E-state index is -0.0236. The van der Waals surface area contributed by atoms with Crippen molar-refractivity contribution in [2.45, 2.75) is 13.0 Å². The van der Waals surface area contributed by atoms with Gasteiger partial charge in [0.05, 0.1) is 24.9 Å². The van der Waals surface area contributed by atoms with E-state index in [9.17, 15) is 0 Å². The predicted molar refractivity (Wildman–Crippen MR) is 56.1 cm³/mol. The summed E-state index contributed by atoms with van der Waals surface area (Å²) in [4.78, 5) is 8.26. The summed E-state index contributed by atoms with van der Waals surface area (Å²) >= 11 is 0. The molecule has 1 aliphatic rings. The monoisotopic (exact) mass is 236 g/mol. The number of hydrogen-bond donors (Lipinski definition) is 1. The molecule has 0 aliphatic carbocycles. The van der Waals surface area contributed by atoms with E-state index in [1.807, 2.05) is 6.92 Å². The Morgan fingerprint density at radius 1 is 1.47 bits per heavy atom. The minimum Gasteiger partial charge on any atom is -0.438 e. The van der Waals surface area contributed by atoms with Gasteiger partial charge < -0.3 is 19.0 Å². The highest BCUT2D eigenvalue weighted by atomic mass is 16.5. The Kier molecular flexibility index (Phi) is 2.62. The van der Waals surface area contributed by atoms with Crippen molar-refractivity contribution < 1.29 is 13.7 Å². The van der Waals surface area contributed by atoms with Crippen LogP contribution in [-0.2, 0) is 4.74 Å². The Bertz CT molecular complexity index is 501. The van der Waals surface area contributed by atoms with E-state index in [1.54, 1.807) is 0 Å². The number of nitrogens with zero attached hydrogens (tertiary/aromatic N) is 3. The zero-order valence-corrected chi connectivity index (χ0v) is 9.34. The van der Waals surface area contributed by atoms with Crippen LogP contribution in [0, 0.1) is 6.92 Å². The van der Waals surface area contributed by atoms with Crippen LogP contribution in [0.15, 0.2) is 15.3 Å². The average molecular weight is 236 g/mol. The molecule has 1 N–H and O–H groups in total. The molecule has 1 saturated heterocycles. The van der Waals surface area contributed by atoms with Gasteiger partial charge in [0, 0.05) is 6.54 Å². The minimum absolute atomic E-state index is 0.0236. The molecule has 3 rings (SSSR count). The standard InChI is InChI=1S/C10H12N4O3/c1-6-8(16-5-12-6)10-13-9(14-17-10)7-4-15-3-2-11-7/h5,7,11H,2-4H2,1H3. The Balaban J connectivity index is 1.85. The van der Waals surface area contributed by atoms with E-state index in [0.717, 1.165) is 12.2 Å². The van der Waals surface area contributed by atoms with Crippen molar-refractivity contribution in [1.29, 1.82) is 0 Å². The molecule has 2 aromatic heterocycles. The van der Waals surface area contributed by atoms with Crippen LogP contribution in [0.1, 0.15) is 17.6 Å². The smallest absolute Gasteiger partial charge is 0.295 e. The number of morpholine rings is 1. The molecule has 90 valence electrons. The number of oxazole rings is 1. The zero-order chi connectivity index (χ0) is 11.7. The van der Waals surface area contributed by atoms with Crippen molar-refractivity contribution in [1.82, 2.24) is 20.4 Å². The van der Waals surface area contributed by atoms with Gasteiger partial charge >= 0.3 is 0 Å². The van der Waals surface area contributed by atoms with E-state index < -0.39 is 0 Å². The van der Waals surface area contributed by atoms with Gasteiger partial charge in [-0.15, -0.1) is 0 Å². The maximum atomic E-state index is 5.34. The van der Waals surface area contributed by atoms with Crippen molar-refractivity contribution in [2.24, 2.45) is 0 Å². The summed E-state index contributed by atoms with van der Waals surface area (Å²) < 4.78 is 15.7. The molecule has 1 fully saturated rings. The predicted octanol–water partition coefficient (Wildman–Crippen LogP) is 0.694. The molecule has 2 aromatic rings. The summed E-state index contributed by atoms with van der Waals surface area (Å²) in [6.07, 6.45) is 1.36. The van der Waals surface area contributed by atoms with Gasteiger partial charge in [-0.05, 0) is 6.92 Å². The normalized spacial score (nSPS) is 20.6. The molecule has 0 amide bonds. The summed E-state index contributed by atoms with van der Waals surface area (Å²) in [5.41, 5.74) is 0.730. The van der Waals surface area contributed by atoms with E-state index in [0.29, 0.717) is 30.7 Å². The van der Waals surface area contributed by atoms with Crippen LogP contribution in [0.4, 0.5) is 0 Å². The van der Waals surface area contributed by atoms with Crippen molar-refractivity contribution >= 4 is 0 Å². The van der Waals surface area contributed by atoms with Crippen LogP contribution < -0.4 is 5.32 Å². The van der Waals surface area contributed by atoms with E-state index in [4.69, 9.17) is 13.7 Å². The molecular weight excluding hydrogens is 224 g/mol. The lowest BCUT2D eigenvalue weighted by Gasteiger charge is -2.20. The molecule has 7 heteroatoms. The highest BCUT2D eigenvalue weighted by molar-refractivity contribution is 5.46. The van der Waals surface area contributed by atoms with Gasteiger partial charge in [0.15, 0.2) is 12.2 Å². The topological polar surface area (TPSA) is 86.2 Å². The number of hydrogen-bond acceptors (Lipinski definition) is 7. The Hall–Kier alpha value is -1.73. The number of rotatable bonds is 2. The van der Waals surface area contributed by atoms with Gasteiger partial charge in [-0.25, -0.2) is 4.98 Å². The molecule has 17 heavy (non-hydrogen) atoms. The highest BCUT2D eigenvalue weighted by Crippen LogP contribution is 2.22. The molecule has 7 nitrogen and oxygen atoms in total. The van der Waals surface area contributed by atoms with Crippen molar-refractivity contribution in [3.63, 3.8) is 0 Å². The van der Waals surface area contributed by atoms with E-state index in [1.165, 1.54) is 6.39 Å². The summed E-state index contributed by atoms with van der Waals surface area (Å²) in [5, 5.41) is 7.17. The van der Waals surface area contributed by atoms with Crippen LogP contribution in [0.3, 0.4) is 0 Å². The van der Waals surface area contributed by atoms with Crippen molar-refractivity contribution in [3.05, 3.63) is 17.9 Å². The van der Waals surface area contributed by atoms with Gasteiger partial charge in [-0.3, -0.25) is 0 Å². The van der Waals surface area contributed by atoms with Crippen LogP contribution in [-0.4, -0.2) is 34.9 Å². The van der Waals surface area contributed by atoms with Gasteiger partial charge in [-0.1, -0.05) is 5.16 Å². The molecule has 0 radical (unpaired) electrons. The third-order valence-electron chi connectivity index (χ3n) is 2.61. The van der Waals surface area contributed by atoms with Crippen LogP contribution >= 0.6 is 0 Å². The van der Waals surface area contributed by atoms with E-state index >= 15 is 0 Å². The lowest BCUT2D eigenvalue weighted by Crippen LogP contribution is -2.35. The first-order valence-electron chi connectivity index (χ1n) is 5.40. The Morgan fingerprint density at radius 2 is 2.41 bits per heavy atom. The molecule has 3 heterocycles. The Labute approximate surface area is 97.2 Å². The summed E-state index contributed by atoms with van der Waals surface area (Å²) in [6.45, 7) is 3.87. The fourth-order valence-corrected chi connectivity index (χ4v) is 1.71. The number of aromatic nitrogens is 3. The first-order chi connectivity index (χ1) is 8.34. The quantitative estimate of drug-likeness (QED) is 0.820. The summed E-state index contributed by atoms with van der Waals surface area (Å²) in [7, 11) is 0. The summed E-state index contributed by atoms with van der Waals surface area (Å²) in [6, 6.07) is -0.0236. The van der Waals surface area contributed by atoms with Gasteiger partial charge in [0.25, 0.3) is 5.89 Å². The number of nitrogens with one attached hydrogen (secondary N) is 1. The van der Waals surface area contributed by atoms with Crippen molar-refractivity contribution in [3.8, 4) is 11.7 Å². The Morgan fingerprint density at radius 3 is 3.12 bits per heavy atom. The van der Waals surface area contributed by atoms with Gasteiger partial charge in [-0.2, -0.15) is 4.98 Å². The highest BCUT2D eigenvalue weighted by Gasteiger charge is 2.23. The second-order valence-electron chi connectivity index (χ2n) is 3.81. The molecule has 0 bridgehead atoms. The number of aryl methyl sites for hydroxylation is 1. The third-order valence-corrected chi connectivity index (χ3v) is 2.61. The van der Waals surface area contributed by atoms with E-state index in [-0.39, 0.29) is 6.04 Å². The first-order valence-corrected chi connectivity index (χ1v) is 5.40. The molecule has 1 aliphatic heterocycles. The molecule has 0 saturated carbocycles. The molecule has 0 spiro atoms. The maximum Gasteiger partial charge on any atom is 0.295 e. The summed E-state index contributed by atoms with van der Waals surface area (Å²) in [5.74, 6) is 1.44. The van der Waals surface area contributed by atoms with E-state index in [2.05, 4.69) is 20.4 Å². The lowest BCUT2D eigenvalue weighted by molar-refractivity contribution is 0.0734. The molecule has 1 unspecified atom stereocenters. The molecular formula is C10H12N4O3. The van der Waals surface area contributed by atoms with Crippen LogP contribution in [0.5, 0.6) is 0 Å². The first kappa shape index (κ1) is 10.4. The van der Waals surface area contributed by atoms with Gasteiger partial charge in [0.2, 0.25) is 5.76 Å². The lowest BCUT2D eigenvalue weighted by atomic mass is 10.2. The maximum absolute atomic E-state index is 5.34. The van der Waals surface area contributed by atoms with Crippen LogP contribution in [0.2, 0.25) is 0 Å². The van der Waals surface area contributed by atoms with Crippen molar-refractivity contribution in [2.75, 3.05) is 19.8 Å². The largest absolute Gasteiger partial charge is 0.438 e. The van der Waals surface area contributed by atoms with Gasteiger partial charge in [0.1, 0.15) is 0 Å². The zero-order valence-electron chi connectivity index (χ0n) is 9.34. The fraction of sp³-hybridized carbons (Fsp3) is 0.500. The second-order valence-corrected chi connectivity index (χ2v) is 3.81. The average Bonchev–Trinajstić information content (AvgIpc) is 2.98. The molecule has 1 atom stereocenters. The SMILES string of the molecule is Cc1ncoc1-c1nc(C2COCCN2)no1. The number of ether oxygens (including phenoxy) is 1. The second kappa shape index (κ2) is 4.27. The fourth-order valence-electron chi connectivity index (χ4n) is 1.71.